The van der Waals surface area contributed by atoms with E-state index in [1.807, 2.05) is 0 Å². The highest BCUT2D eigenvalue weighted by atomic mass is 16.6. The molecule has 10 nitrogen and oxygen atoms in total. The molecule has 0 aliphatic carbocycles. The van der Waals surface area contributed by atoms with Gasteiger partial charge in [-0.25, -0.2) is 0 Å². The minimum absolute atomic E-state index is 0.0917. The summed E-state index contributed by atoms with van der Waals surface area (Å²) in [5.74, 6) is -0.625. The van der Waals surface area contributed by atoms with Crippen LogP contribution in [0.2, 0.25) is 0 Å². The van der Waals surface area contributed by atoms with Crippen molar-refractivity contribution >= 4 is 23.0 Å². The molecule has 1 heterocycles. The van der Waals surface area contributed by atoms with Gasteiger partial charge in [-0.05, 0) is 0 Å². The Bertz CT molecular complexity index is 591. The van der Waals surface area contributed by atoms with Crippen LogP contribution in [0.5, 0.6) is 0 Å². The number of ether oxygens (including phenoxy) is 1. The third-order valence-corrected chi connectivity index (χ3v) is 3.28. The number of nitro benzene ring substituents is 2. The number of carbonyl (C=O) groups is 1. The summed E-state index contributed by atoms with van der Waals surface area (Å²) in [5.41, 5.74) is -1.15. The highest BCUT2D eigenvalue weighted by molar-refractivity contribution is 5.97. The van der Waals surface area contributed by atoms with Crippen LogP contribution in [-0.2, 0) is 4.74 Å². The third kappa shape index (κ3) is 2.96. The van der Waals surface area contributed by atoms with Gasteiger partial charge in [-0.2, -0.15) is 0 Å². The van der Waals surface area contributed by atoms with Gasteiger partial charge in [0.2, 0.25) is 0 Å². The van der Waals surface area contributed by atoms with Gasteiger partial charge in [0, 0.05) is 32.3 Å². The van der Waals surface area contributed by atoms with Crippen LogP contribution in [-0.4, -0.2) is 49.1 Å². The predicted molar refractivity (Wildman–Crippen MR) is 76.2 cm³/mol. The average Bonchev–Trinajstić information content (AvgIpc) is 2.53. The van der Waals surface area contributed by atoms with Crippen LogP contribution in [0.15, 0.2) is 12.1 Å². The van der Waals surface area contributed by atoms with E-state index in [9.17, 15) is 25.0 Å². The van der Waals surface area contributed by atoms with Crippen LogP contribution in [0.1, 0.15) is 10.4 Å². The molecule has 1 N–H and O–H groups in total. The summed E-state index contributed by atoms with van der Waals surface area (Å²) in [4.78, 5) is 34.4. The van der Waals surface area contributed by atoms with Crippen molar-refractivity contribution in [3.63, 3.8) is 0 Å². The molecule has 0 spiro atoms. The van der Waals surface area contributed by atoms with E-state index in [1.165, 1.54) is 11.9 Å². The number of carbonyl (C=O) groups excluding carboxylic acids is 1. The Labute approximate surface area is 125 Å². The minimum Gasteiger partial charge on any atom is -0.378 e. The molecule has 0 radical (unpaired) electrons. The molecule has 1 fully saturated rings. The van der Waals surface area contributed by atoms with Gasteiger partial charge in [0.25, 0.3) is 17.3 Å². The number of amides is 1. The molecule has 1 saturated heterocycles. The highest BCUT2D eigenvalue weighted by Crippen LogP contribution is 2.39. The first-order valence-corrected chi connectivity index (χ1v) is 6.47. The molecule has 2 rings (SSSR count). The lowest BCUT2D eigenvalue weighted by Gasteiger charge is -2.28. The van der Waals surface area contributed by atoms with E-state index in [1.54, 1.807) is 0 Å². The first-order valence-electron chi connectivity index (χ1n) is 6.47. The fourth-order valence-corrected chi connectivity index (χ4v) is 2.27. The zero-order valence-electron chi connectivity index (χ0n) is 11.8. The number of hydrogen-bond donors (Lipinski definition) is 1. The van der Waals surface area contributed by atoms with E-state index >= 15 is 0 Å². The van der Waals surface area contributed by atoms with E-state index in [0.29, 0.717) is 26.3 Å². The Morgan fingerprint density at radius 1 is 1.18 bits per heavy atom. The second-order valence-corrected chi connectivity index (χ2v) is 4.56. The number of nitro groups is 2. The predicted octanol–water partition coefficient (Wildman–Crippen LogP) is 0.699. The van der Waals surface area contributed by atoms with Crippen molar-refractivity contribution in [1.29, 1.82) is 0 Å². The molecular weight excluding hydrogens is 296 g/mol. The molecule has 1 aromatic rings. The standard InChI is InChI=1S/C12H14N4O6/c1-13-12(17)8-6-9(15(18)19)11(10(7-8)16(20)21)14-2-4-22-5-3-14/h6-7H,2-5H2,1H3,(H,13,17). The van der Waals surface area contributed by atoms with E-state index in [4.69, 9.17) is 4.74 Å². The first-order chi connectivity index (χ1) is 10.5. The average molecular weight is 310 g/mol. The Morgan fingerprint density at radius 3 is 2.09 bits per heavy atom. The lowest BCUT2D eigenvalue weighted by molar-refractivity contribution is -0.392. The Morgan fingerprint density at radius 2 is 1.68 bits per heavy atom. The maximum atomic E-state index is 11.7. The van der Waals surface area contributed by atoms with Crippen molar-refractivity contribution in [1.82, 2.24) is 5.32 Å². The Kier molecular flexibility index (Phi) is 4.51. The van der Waals surface area contributed by atoms with Crippen molar-refractivity contribution in [2.45, 2.75) is 0 Å². The summed E-state index contributed by atoms with van der Waals surface area (Å²) >= 11 is 0. The summed E-state index contributed by atoms with van der Waals surface area (Å²) in [6.07, 6.45) is 0. The number of nitrogens with zero attached hydrogens (tertiary/aromatic N) is 3. The number of morpholine rings is 1. The molecule has 0 atom stereocenters. The van der Waals surface area contributed by atoms with E-state index < -0.39 is 27.1 Å². The topological polar surface area (TPSA) is 128 Å². The summed E-state index contributed by atoms with van der Waals surface area (Å²) in [6.45, 7) is 1.26. The molecule has 0 unspecified atom stereocenters. The Balaban J connectivity index is 2.64. The normalized spacial score (nSPS) is 14.5. The molecule has 0 saturated carbocycles. The lowest BCUT2D eigenvalue weighted by Crippen LogP contribution is -2.37. The summed E-state index contributed by atoms with van der Waals surface area (Å²) < 4.78 is 5.16. The smallest absolute Gasteiger partial charge is 0.300 e. The minimum atomic E-state index is -0.718. The van der Waals surface area contributed by atoms with Gasteiger partial charge in [-0.15, -0.1) is 0 Å². The van der Waals surface area contributed by atoms with Crippen molar-refractivity contribution in [2.75, 3.05) is 38.3 Å². The maximum absolute atomic E-state index is 11.7. The maximum Gasteiger partial charge on any atom is 0.300 e. The second kappa shape index (κ2) is 6.35. The van der Waals surface area contributed by atoms with Crippen molar-refractivity contribution in [2.24, 2.45) is 0 Å². The SMILES string of the molecule is CNC(=O)c1cc([N+](=O)[O-])c(N2CCOCC2)c([N+](=O)[O-])c1. The van der Waals surface area contributed by atoms with Crippen molar-refractivity contribution in [3.05, 3.63) is 37.9 Å². The Hall–Kier alpha value is -2.75. The second-order valence-electron chi connectivity index (χ2n) is 4.56. The lowest BCUT2D eigenvalue weighted by atomic mass is 10.1. The van der Waals surface area contributed by atoms with Crippen LogP contribution in [0.25, 0.3) is 0 Å². The van der Waals surface area contributed by atoms with E-state index in [2.05, 4.69) is 5.32 Å². The summed E-state index contributed by atoms with van der Waals surface area (Å²) in [7, 11) is 1.34. The van der Waals surface area contributed by atoms with Crippen LogP contribution in [0.4, 0.5) is 17.1 Å². The molecule has 1 aliphatic rings. The van der Waals surface area contributed by atoms with Gasteiger partial charge < -0.3 is 15.0 Å². The van der Waals surface area contributed by atoms with Gasteiger partial charge in [0.1, 0.15) is 0 Å². The zero-order valence-corrected chi connectivity index (χ0v) is 11.8. The van der Waals surface area contributed by atoms with E-state index in [-0.39, 0.29) is 11.3 Å². The van der Waals surface area contributed by atoms with Gasteiger partial charge in [-0.3, -0.25) is 25.0 Å². The molecular formula is C12H14N4O6. The third-order valence-electron chi connectivity index (χ3n) is 3.28. The van der Waals surface area contributed by atoms with Crippen LogP contribution in [0, 0.1) is 20.2 Å². The number of nitrogens with one attached hydrogen (secondary N) is 1. The largest absolute Gasteiger partial charge is 0.378 e. The first kappa shape index (κ1) is 15.6. The molecule has 1 amide bonds. The molecule has 118 valence electrons. The molecule has 0 bridgehead atoms. The fourth-order valence-electron chi connectivity index (χ4n) is 2.27. The zero-order chi connectivity index (χ0) is 16.3. The quantitative estimate of drug-likeness (QED) is 0.640. The summed E-state index contributed by atoms with van der Waals surface area (Å²) in [6, 6.07) is 2.10. The molecule has 1 aromatic carbocycles. The molecule has 10 heteroatoms. The van der Waals surface area contributed by atoms with Crippen LogP contribution in [0.3, 0.4) is 0 Å². The van der Waals surface area contributed by atoms with Crippen molar-refractivity contribution < 1.29 is 19.4 Å². The van der Waals surface area contributed by atoms with E-state index in [0.717, 1.165) is 12.1 Å². The van der Waals surface area contributed by atoms with Crippen molar-refractivity contribution in [3.8, 4) is 0 Å². The van der Waals surface area contributed by atoms with Gasteiger partial charge in [0.15, 0.2) is 5.69 Å². The number of anilines is 1. The van der Waals surface area contributed by atoms with Gasteiger partial charge >= 0.3 is 0 Å². The number of benzene rings is 1. The molecule has 1 aliphatic heterocycles. The fraction of sp³-hybridized carbons (Fsp3) is 0.417. The molecule has 0 aromatic heterocycles. The highest BCUT2D eigenvalue weighted by Gasteiger charge is 2.32. The van der Waals surface area contributed by atoms with Gasteiger partial charge in [0.05, 0.1) is 28.6 Å². The van der Waals surface area contributed by atoms with Crippen LogP contribution < -0.4 is 10.2 Å². The van der Waals surface area contributed by atoms with Gasteiger partial charge in [-0.1, -0.05) is 0 Å². The van der Waals surface area contributed by atoms with Crippen LogP contribution >= 0.6 is 0 Å². The summed E-state index contributed by atoms with van der Waals surface area (Å²) in [5, 5.41) is 24.9. The monoisotopic (exact) mass is 310 g/mol. The number of rotatable bonds is 4. The number of hydrogen-bond acceptors (Lipinski definition) is 7. The molecule has 22 heavy (non-hydrogen) atoms.